The smallest absolute Gasteiger partial charge is 0.242 e. The Balaban J connectivity index is 1.96. The first-order chi connectivity index (χ1) is 13.2. The van der Waals surface area contributed by atoms with Crippen molar-refractivity contribution in [3.8, 4) is 0 Å². The molecule has 2 aromatic carbocycles. The van der Waals surface area contributed by atoms with Gasteiger partial charge < -0.3 is 5.32 Å². The number of hydrogen-bond donors (Lipinski definition) is 1. The molecule has 0 saturated heterocycles. The maximum absolute atomic E-state index is 12.7. The average Bonchev–Trinajstić information content (AvgIpc) is 2.66. The highest BCUT2D eigenvalue weighted by atomic mass is 32.2. The lowest BCUT2D eigenvalue weighted by atomic mass is 10.0. The van der Waals surface area contributed by atoms with E-state index in [1.54, 1.807) is 24.3 Å². The third-order valence-corrected chi connectivity index (χ3v) is 6.10. The van der Waals surface area contributed by atoms with Crippen molar-refractivity contribution in [2.24, 2.45) is 0 Å². The molecule has 0 aliphatic carbocycles. The maximum Gasteiger partial charge on any atom is 0.242 e. The van der Waals surface area contributed by atoms with Gasteiger partial charge in [-0.05, 0) is 35.4 Å². The lowest BCUT2D eigenvalue weighted by molar-refractivity contribution is -0.124. The van der Waals surface area contributed by atoms with Gasteiger partial charge in [-0.3, -0.25) is 4.79 Å². The molecule has 1 amide bonds. The number of rotatable bonds is 9. The van der Waals surface area contributed by atoms with Crippen molar-refractivity contribution in [1.82, 2.24) is 9.62 Å². The zero-order valence-corrected chi connectivity index (χ0v) is 17.9. The van der Waals surface area contributed by atoms with E-state index in [1.807, 2.05) is 6.07 Å². The molecule has 0 radical (unpaired) electrons. The molecule has 1 atom stereocenters. The summed E-state index contributed by atoms with van der Waals surface area (Å²) in [4.78, 5) is 12.7. The molecular weight excluding hydrogens is 372 g/mol. The van der Waals surface area contributed by atoms with E-state index in [1.165, 1.54) is 18.2 Å². The summed E-state index contributed by atoms with van der Waals surface area (Å²) >= 11 is 0. The second-order valence-electron chi connectivity index (χ2n) is 7.38. The van der Waals surface area contributed by atoms with Crippen LogP contribution in [-0.2, 0) is 21.2 Å². The van der Waals surface area contributed by atoms with Gasteiger partial charge in [0, 0.05) is 13.6 Å². The number of aryl methyl sites for hydroxylation is 1. The van der Waals surface area contributed by atoms with Crippen LogP contribution in [0.15, 0.2) is 54.6 Å². The number of benzene rings is 2. The van der Waals surface area contributed by atoms with Gasteiger partial charge in [-0.15, -0.1) is 0 Å². The van der Waals surface area contributed by atoms with Crippen LogP contribution in [0.4, 0.5) is 0 Å². The summed E-state index contributed by atoms with van der Waals surface area (Å²) in [5.74, 6) is 0.198. The molecule has 0 aliphatic rings. The molecule has 2 rings (SSSR count). The van der Waals surface area contributed by atoms with Gasteiger partial charge in [-0.2, -0.15) is 4.31 Å². The van der Waals surface area contributed by atoms with Gasteiger partial charge in [0.05, 0.1) is 6.26 Å². The Kier molecular flexibility index (Phi) is 7.78. The first kappa shape index (κ1) is 22.1. The number of hydrogen-bond acceptors (Lipinski definition) is 3. The van der Waals surface area contributed by atoms with Crippen molar-refractivity contribution in [1.29, 1.82) is 0 Å². The van der Waals surface area contributed by atoms with E-state index in [2.05, 4.69) is 43.4 Å². The van der Waals surface area contributed by atoms with Gasteiger partial charge in [0.1, 0.15) is 6.04 Å². The Bertz CT molecular complexity index is 862. The molecule has 1 unspecified atom stereocenters. The minimum atomic E-state index is -3.51. The normalized spacial score (nSPS) is 12.9. The fourth-order valence-electron chi connectivity index (χ4n) is 3.02. The van der Waals surface area contributed by atoms with Gasteiger partial charge in [-0.25, -0.2) is 8.42 Å². The molecule has 1 N–H and O–H groups in total. The van der Waals surface area contributed by atoms with Crippen LogP contribution >= 0.6 is 0 Å². The fourth-order valence-corrected chi connectivity index (χ4v) is 3.62. The van der Waals surface area contributed by atoms with Crippen molar-refractivity contribution < 1.29 is 13.2 Å². The summed E-state index contributed by atoms with van der Waals surface area (Å²) < 4.78 is 25.1. The molecule has 0 aliphatic heterocycles. The highest BCUT2D eigenvalue weighted by molar-refractivity contribution is 7.88. The van der Waals surface area contributed by atoms with Crippen LogP contribution in [0.5, 0.6) is 0 Å². The molecule has 0 aromatic heterocycles. The lowest BCUT2D eigenvalue weighted by Crippen LogP contribution is -2.41. The van der Waals surface area contributed by atoms with E-state index < -0.39 is 16.1 Å². The third-order valence-electron chi connectivity index (χ3n) is 4.84. The highest BCUT2D eigenvalue weighted by Crippen LogP contribution is 2.22. The fraction of sp³-hybridized carbons (Fsp3) is 0.409. The highest BCUT2D eigenvalue weighted by Gasteiger charge is 2.30. The summed E-state index contributed by atoms with van der Waals surface area (Å²) in [6.07, 6.45) is 2.75. The lowest BCUT2D eigenvalue weighted by Gasteiger charge is -2.25. The molecule has 28 heavy (non-hydrogen) atoms. The van der Waals surface area contributed by atoms with E-state index in [9.17, 15) is 13.2 Å². The van der Waals surface area contributed by atoms with Gasteiger partial charge in [0.15, 0.2) is 0 Å². The van der Waals surface area contributed by atoms with Crippen LogP contribution in [-0.4, -0.2) is 38.5 Å². The number of sulfonamides is 1. The molecule has 0 saturated carbocycles. The van der Waals surface area contributed by atoms with E-state index >= 15 is 0 Å². The molecule has 6 heteroatoms. The van der Waals surface area contributed by atoms with Crippen LogP contribution in [0.3, 0.4) is 0 Å². The quantitative estimate of drug-likeness (QED) is 0.653. The molecule has 152 valence electrons. The van der Waals surface area contributed by atoms with Crippen LogP contribution in [0.1, 0.15) is 48.9 Å². The standard InChI is InChI=1S/C22H30N2O3S/c1-17(2)19-14-12-18(13-15-19)9-8-16-23-22(25)21(24(3)28(4,26)27)20-10-6-5-7-11-20/h5-7,10-15,17,21H,8-9,16H2,1-4H3,(H,23,25). The molecule has 0 heterocycles. The summed E-state index contributed by atoms with van der Waals surface area (Å²) in [6, 6.07) is 16.6. The van der Waals surface area contributed by atoms with Gasteiger partial charge in [0.25, 0.3) is 0 Å². The Hall–Kier alpha value is -2.18. The SMILES string of the molecule is CC(C)c1ccc(CCCNC(=O)C(c2ccccc2)N(C)S(C)(=O)=O)cc1. The molecule has 5 nitrogen and oxygen atoms in total. The number of nitrogens with one attached hydrogen (secondary N) is 1. The molecule has 0 bridgehead atoms. The van der Waals surface area contributed by atoms with Gasteiger partial charge in [0.2, 0.25) is 15.9 Å². The van der Waals surface area contributed by atoms with Crippen molar-refractivity contribution in [2.75, 3.05) is 19.8 Å². The number of carbonyl (C=O) groups is 1. The molecule has 0 spiro atoms. The maximum atomic E-state index is 12.7. The first-order valence-electron chi connectivity index (χ1n) is 9.54. The van der Waals surface area contributed by atoms with E-state index in [4.69, 9.17) is 0 Å². The number of likely N-dealkylation sites (N-methyl/N-ethyl adjacent to an activating group) is 1. The Morgan fingerprint density at radius 1 is 1.00 bits per heavy atom. The van der Waals surface area contributed by atoms with E-state index in [0.717, 1.165) is 23.4 Å². The predicted molar refractivity (Wildman–Crippen MR) is 114 cm³/mol. The van der Waals surface area contributed by atoms with E-state index in [0.29, 0.717) is 18.0 Å². The van der Waals surface area contributed by atoms with Gasteiger partial charge >= 0.3 is 0 Å². The summed E-state index contributed by atoms with van der Waals surface area (Å²) in [5, 5.41) is 2.89. The molecular formula is C22H30N2O3S. The zero-order valence-electron chi connectivity index (χ0n) is 17.1. The molecule has 2 aromatic rings. The first-order valence-corrected chi connectivity index (χ1v) is 11.4. The van der Waals surface area contributed by atoms with Crippen molar-refractivity contribution in [2.45, 2.75) is 38.6 Å². The van der Waals surface area contributed by atoms with Gasteiger partial charge in [-0.1, -0.05) is 68.4 Å². The summed E-state index contributed by atoms with van der Waals surface area (Å²) in [6.45, 7) is 4.83. The Labute approximate surface area is 168 Å². The zero-order chi connectivity index (χ0) is 20.7. The largest absolute Gasteiger partial charge is 0.354 e. The second kappa shape index (κ2) is 9.85. The van der Waals surface area contributed by atoms with Crippen molar-refractivity contribution >= 4 is 15.9 Å². The minimum Gasteiger partial charge on any atom is -0.354 e. The average molecular weight is 403 g/mol. The van der Waals surface area contributed by atoms with Crippen LogP contribution in [0.2, 0.25) is 0 Å². The summed E-state index contributed by atoms with van der Waals surface area (Å²) in [7, 11) is -2.07. The number of carbonyl (C=O) groups excluding carboxylic acids is 1. The van der Waals surface area contributed by atoms with Crippen LogP contribution in [0.25, 0.3) is 0 Å². The second-order valence-corrected chi connectivity index (χ2v) is 9.43. The van der Waals surface area contributed by atoms with Crippen molar-refractivity contribution in [3.63, 3.8) is 0 Å². The topological polar surface area (TPSA) is 66.5 Å². The molecule has 0 fully saturated rings. The monoisotopic (exact) mass is 402 g/mol. The number of amides is 1. The third kappa shape index (κ3) is 6.17. The summed E-state index contributed by atoms with van der Waals surface area (Å²) in [5.41, 5.74) is 3.19. The van der Waals surface area contributed by atoms with Crippen molar-refractivity contribution in [3.05, 3.63) is 71.3 Å². The van der Waals surface area contributed by atoms with Crippen LogP contribution < -0.4 is 5.32 Å². The minimum absolute atomic E-state index is 0.311. The Morgan fingerprint density at radius 3 is 2.14 bits per heavy atom. The van der Waals surface area contributed by atoms with Crippen LogP contribution in [0, 0.1) is 0 Å². The number of nitrogens with zero attached hydrogens (tertiary/aromatic N) is 1. The Morgan fingerprint density at radius 2 is 1.61 bits per heavy atom. The predicted octanol–water partition coefficient (Wildman–Crippen LogP) is 3.49. The van der Waals surface area contributed by atoms with E-state index in [-0.39, 0.29) is 5.91 Å².